The second kappa shape index (κ2) is 5.02. The molecule has 0 aliphatic heterocycles. The number of fused-ring (bicyclic) bond motifs is 1. The molecule has 4 atom stereocenters. The van der Waals surface area contributed by atoms with Crippen LogP contribution in [0.3, 0.4) is 0 Å². The number of ketones is 1. The van der Waals surface area contributed by atoms with Crippen LogP contribution in [0.1, 0.15) is 58.8 Å². The number of carboxylic acids is 1. The first-order valence-electron chi connectivity index (χ1n) is 7.19. The van der Waals surface area contributed by atoms with Crippen molar-refractivity contribution < 1.29 is 14.7 Å². The van der Waals surface area contributed by atoms with Crippen molar-refractivity contribution in [3.63, 3.8) is 0 Å². The zero-order chi connectivity index (χ0) is 13.3. The van der Waals surface area contributed by atoms with Crippen molar-refractivity contribution in [2.45, 2.75) is 58.8 Å². The van der Waals surface area contributed by atoms with Crippen LogP contribution in [0.25, 0.3) is 0 Å². The molecule has 1 N–H and O–H groups in total. The van der Waals surface area contributed by atoms with E-state index in [1.807, 2.05) is 0 Å². The lowest BCUT2D eigenvalue weighted by atomic mass is 9.62. The van der Waals surface area contributed by atoms with Gasteiger partial charge in [0.05, 0.1) is 0 Å². The van der Waals surface area contributed by atoms with Gasteiger partial charge in [-0.3, -0.25) is 9.59 Å². The SMILES string of the molecule is C[C@H](CCC(=O)O)[C@H]1CC[C@H]2C(=O)CCC[C@@]12C. The van der Waals surface area contributed by atoms with Gasteiger partial charge in [0.15, 0.2) is 0 Å². The molecule has 0 heterocycles. The fourth-order valence-electron chi connectivity index (χ4n) is 4.46. The highest BCUT2D eigenvalue weighted by molar-refractivity contribution is 5.83. The van der Waals surface area contributed by atoms with Gasteiger partial charge in [-0.15, -0.1) is 0 Å². The molecule has 3 nitrogen and oxygen atoms in total. The van der Waals surface area contributed by atoms with Gasteiger partial charge in [0.1, 0.15) is 5.78 Å². The maximum absolute atomic E-state index is 12.0. The van der Waals surface area contributed by atoms with E-state index in [2.05, 4.69) is 13.8 Å². The molecule has 2 aliphatic carbocycles. The minimum Gasteiger partial charge on any atom is -0.481 e. The van der Waals surface area contributed by atoms with Crippen LogP contribution in [-0.4, -0.2) is 16.9 Å². The maximum Gasteiger partial charge on any atom is 0.303 e. The van der Waals surface area contributed by atoms with Gasteiger partial charge in [0.2, 0.25) is 0 Å². The largest absolute Gasteiger partial charge is 0.481 e. The number of rotatable bonds is 4. The molecule has 2 saturated carbocycles. The lowest BCUT2D eigenvalue weighted by Gasteiger charge is -2.42. The predicted molar refractivity (Wildman–Crippen MR) is 69.2 cm³/mol. The number of carbonyl (C=O) groups is 2. The molecule has 0 aromatic carbocycles. The van der Waals surface area contributed by atoms with E-state index in [-0.39, 0.29) is 17.8 Å². The lowest BCUT2D eigenvalue weighted by Crippen LogP contribution is -2.39. The second-order valence-corrected chi connectivity index (χ2v) is 6.47. The zero-order valence-corrected chi connectivity index (χ0v) is 11.4. The van der Waals surface area contributed by atoms with Gasteiger partial charge in [0.25, 0.3) is 0 Å². The van der Waals surface area contributed by atoms with Gasteiger partial charge in [-0.1, -0.05) is 13.8 Å². The van der Waals surface area contributed by atoms with Crippen LogP contribution >= 0.6 is 0 Å². The van der Waals surface area contributed by atoms with E-state index in [1.165, 1.54) is 0 Å². The molecule has 0 amide bonds. The van der Waals surface area contributed by atoms with Crippen LogP contribution < -0.4 is 0 Å². The Morgan fingerprint density at radius 1 is 1.50 bits per heavy atom. The number of hydrogen-bond donors (Lipinski definition) is 1. The Labute approximate surface area is 109 Å². The topological polar surface area (TPSA) is 54.4 Å². The van der Waals surface area contributed by atoms with Gasteiger partial charge >= 0.3 is 5.97 Å². The minimum atomic E-state index is -0.707. The molecule has 2 rings (SSSR count). The third-order valence-electron chi connectivity index (χ3n) is 5.44. The normalized spacial score (nSPS) is 37.3. The van der Waals surface area contributed by atoms with Crippen LogP contribution in [0, 0.1) is 23.2 Å². The first-order valence-corrected chi connectivity index (χ1v) is 7.19. The zero-order valence-electron chi connectivity index (χ0n) is 11.4. The Morgan fingerprint density at radius 3 is 2.89 bits per heavy atom. The third-order valence-corrected chi connectivity index (χ3v) is 5.44. The summed E-state index contributed by atoms with van der Waals surface area (Å²) in [5.41, 5.74) is 0.146. The lowest BCUT2D eigenvalue weighted by molar-refractivity contribution is -0.138. The molecule has 102 valence electrons. The third kappa shape index (κ3) is 2.32. The number of Topliss-reactive ketones (excluding diaryl/α,β-unsaturated/α-hetero) is 1. The van der Waals surface area contributed by atoms with Gasteiger partial charge in [-0.2, -0.15) is 0 Å². The fraction of sp³-hybridized carbons (Fsp3) is 0.867. The second-order valence-electron chi connectivity index (χ2n) is 6.47. The first-order chi connectivity index (χ1) is 8.45. The smallest absolute Gasteiger partial charge is 0.303 e. The van der Waals surface area contributed by atoms with Crippen LogP contribution in [0.4, 0.5) is 0 Å². The molecular formula is C15H24O3. The molecular weight excluding hydrogens is 228 g/mol. The Morgan fingerprint density at radius 2 is 2.22 bits per heavy atom. The molecule has 2 fully saturated rings. The summed E-state index contributed by atoms with van der Waals surface area (Å²) in [4.78, 5) is 22.7. The number of carboxylic acid groups (broad SMARTS) is 1. The average Bonchev–Trinajstić information content (AvgIpc) is 2.64. The van der Waals surface area contributed by atoms with Crippen molar-refractivity contribution in [2.24, 2.45) is 23.2 Å². The van der Waals surface area contributed by atoms with Crippen molar-refractivity contribution in [1.82, 2.24) is 0 Å². The van der Waals surface area contributed by atoms with Crippen molar-refractivity contribution in [2.75, 3.05) is 0 Å². The van der Waals surface area contributed by atoms with Crippen LogP contribution in [0.5, 0.6) is 0 Å². The van der Waals surface area contributed by atoms with Crippen molar-refractivity contribution >= 4 is 11.8 Å². The quantitative estimate of drug-likeness (QED) is 0.835. The molecule has 2 aliphatic rings. The van der Waals surface area contributed by atoms with Gasteiger partial charge < -0.3 is 5.11 Å². The van der Waals surface area contributed by atoms with Gasteiger partial charge in [-0.25, -0.2) is 0 Å². The summed E-state index contributed by atoms with van der Waals surface area (Å²) in [5, 5.41) is 8.79. The van der Waals surface area contributed by atoms with E-state index in [1.54, 1.807) is 0 Å². The van der Waals surface area contributed by atoms with Crippen molar-refractivity contribution in [1.29, 1.82) is 0 Å². The van der Waals surface area contributed by atoms with E-state index >= 15 is 0 Å². The molecule has 0 saturated heterocycles. The molecule has 0 radical (unpaired) electrons. The van der Waals surface area contributed by atoms with Crippen LogP contribution in [0.2, 0.25) is 0 Å². The summed E-state index contributed by atoms with van der Waals surface area (Å²) in [6.45, 7) is 4.43. The van der Waals surface area contributed by atoms with Gasteiger partial charge in [-0.05, 0) is 49.4 Å². The van der Waals surface area contributed by atoms with Gasteiger partial charge in [0, 0.05) is 18.8 Å². The minimum absolute atomic E-state index is 0.146. The Bertz CT molecular complexity index is 350. The van der Waals surface area contributed by atoms with E-state index < -0.39 is 5.97 Å². The van der Waals surface area contributed by atoms with E-state index in [0.717, 1.165) is 38.5 Å². The predicted octanol–water partition coefficient (Wildman–Crippen LogP) is 3.27. The summed E-state index contributed by atoms with van der Waals surface area (Å²) in [7, 11) is 0. The molecule has 0 unspecified atom stereocenters. The molecule has 18 heavy (non-hydrogen) atoms. The highest BCUT2D eigenvalue weighted by atomic mass is 16.4. The number of aliphatic carboxylic acids is 1. The number of carbonyl (C=O) groups excluding carboxylic acids is 1. The van der Waals surface area contributed by atoms with Crippen LogP contribution in [0.15, 0.2) is 0 Å². The van der Waals surface area contributed by atoms with E-state index in [0.29, 0.717) is 17.6 Å². The maximum atomic E-state index is 12.0. The van der Waals surface area contributed by atoms with Crippen molar-refractivity contribution in [3.05, 3.63) is 0 Å². The Balaban J connectivity index is 2.05. The monoisotopic (exact) mass is 252 g/mol. The molecule has 0 aromatic heterocycles. The molecule has 0 spiro atoms. The Hall–Kier alpha value is -0.860. The first kappa shape index (κ1) is 13.6. The highest BCUT2D eigenvalue weighted by Crippen LogP contribution is 2.57. The molecule has 0 bridgehead atoms. The van der Waals surface area contributed by atoms with Crippen molar-refractivity contribution in [3.8, 4) is 0 Å². The van der Waals surface area contributed by atoms with Crippen LogP contribution in [-0.2, 0) is 9.59 Å². The standard InChI is InChI=1S/C15H24O3/c1-10(5-8-14(17)18)11-6-7-12-13(16)4-3-9-15(11,12)2/h10-12H,3-9H2,1-2H3,(H,17,18)/t10-,11-,12+,15+/m1/s1. The summed E-state index contributed by atoms with van der Waals surface area (Å²) in [6, 6.07) is 0. The highest BCUT2D eigenvalue weighted by Gasteiger charge is 2.52. The Kier molecular flexibility index (Phi) is 3.79. The molecule has 0 aromatic rings. The summed E-state index contributed by atoms with van der Waals surface area (Å²) < 4.78 is 0. The van der Waals surface area contributed by atoms with E-state index in [4.69, 9.17) is 5.11 Å². The summed E-state index contributed by atoms with van der Waals surface area (Å²) >= 11 is 0. The fourth-order valence-corrected chi connectivity index (χ4v) is 4.46. The number of hydrogen-bond acceptors (Lipinski definition) is 2. The summed E-state index contributed by atoms with van der Waals surface area (Å²) in [6.07, 6.45) is 6.06. The summed E-state index contributed by atoms with van der Waals surface area (Å²) in [5.74, 6) is 0.953. The average molecular weight is 252 g/mol. The molecule has 3 heteroatoms. The van der Waals surface area contributed by atoms with E-state index in [9.17, 15) is 9.59 Å².